The normalized spacial score (nSPS) is 11.5. The Morgan fingerprint density at radius 3 is 0.653 bits per heavy atom. The van der Waals surface area contributed by atoms with Gasteiger partial charge in [-0.3, -0.25) is 13.7 Å². The Balaban J connectivity index is 1.18. The fraction of sp³-hybridized carbons (Fsp3) is 0.0476. The molecule has 72 heavy (non-hydrogen) atoms. The van der Waals surface area contributed by atoms with Crippen LogP contribution in [0.4, 0.5) is 17.1 Å². The van der Waals surface area contributed by atoms with E-state index in [4.69, 9.17) is 29.9 Å². The number of aromatic nitrogens is 6. The van der Waals surface area contributed by atoms with Gasteiger partial charge in [-0.15, -0.1) is 0 Å². The summed E-state index contributed by atoms with van der Waals surface area (Å²) < 4.78 is 6.47. The fourth-order valence-electron chi connectivity index (χ4n) is 9.93. The van der Waals surface area contributed by atoms with Crippen molar-refractivity contribution >= 4 is 82.5 Å². The van der Waals surface area contributed by atoms with Gasteiger partial charge in [-0.1, -0.05) is 162 Å². The quantitative estimate of drug-likeness (QED) is 0.156. The summed E-state index contributed by atoms with van der Waals surface area (Å²) in [5.41, 5.74) is 11.5. The summed E-state index contributed by atoms with van der Waals surface area (Å²) in [7, 11) is 0. The largest absolute Gasteiger partial charge is 0.278 e. The van der Waals surface area contributed by atoms with Crippen LogP contribution < -0.4 is 16.1 Å². The van der Waals surface area contributed by atoms with Crippen LogP contribution in [0.25, 0.3) is 83.3 Å². The van der Waals surface area contributed by atoms with E-state index in [1.54, 1.807) is 0 Å². The van der Waals surface area contributed by atoms with Gasteiger partial charge in [0, 0.05) is 32.3 Å². The first kappa shape index (κ1) is 42.5. The Morgan fingerprint density at radius 2 is 0.444 bits per heavy atom. The monoisotopic (exact) mass is 927 g/mol. The first-order valence-electron chi connectivity index (χ1n) is 24.1. The molecule has 342 valence electrons. The van der Waals surface area contributed by atoms with Crippen molar-refractivity contribution < 1.29 is 0 Å². The van der Waals surface area contributed by atoms with Crippen LogP contribution >= 0.6 is 0 Å². The van der Waals surface area contributed by atoms with Gasteiger partial charge in [-0.2, -0.15) is 15.0 Å². The summed E-state index contributed by atoms with van der Waals surface area (Å²) in [6.07, 6.45) is 0. The van der Waals surface area contributed by atoms with E-state index in [1.165, 1.54) is 16.7 Å². The Kier molecular flexibility index (Phi) is 10.3. The maximum atomic E-state index is 5.60. The zero-order valence-corrected chi connectivity index (χ0v) is 39.8. The summed E-state index contributed by atoms with van der Waals surface area (Å²) in [5, 5.41) is 8.34. The first-order chi connectivity index (χ1) is 35.4. The van der Waals surface area contributed by atoms with E-state index in [2.05, 4.69) is 253 Å². The van der Waals surface area contributed by atoms with Crippen molar-refractivity contribution in [3.8, 4) is 17.8 Å². The van der Waals surface area contributed by atoms with E-state index in [0.29, 0.717) is 17.8 Å². The smallest absolute Gasteiger partial charge is 0.241 e. The molecule has 13 aromatic rings. The molecule has 9 aromatic carbocycles. The molecule has 4 aromatic heterocycles. The van der Waals surface area contributed by atoms with Gasteiger partial charge in [0.2, 0.25) is 17.8 Å². The van der Waals surface area contributed by atoms with Gasteiger partial charge in [0.1, 0.15) is 0 Å². The SMILES string of the molecule is Cc1ccc(N=c2c3ccccc3n(-c3nc(-n4c5ccccc5c(=Nc5ccc(C)cc5)c5ccccc54)nc(-n4c5ccccc5c(=Nc5ccc(C)cc5)c5ccccc54)n3)c3ccccc23)cc1. The minimum atomic E-state index is 0.437. The Morgan fingerprint density at radius 1 is 0.250 bits per heavy atom. The number of hydrogen-bond donors (Lipinski definition) is 0. The highest BCUT2D eigenvalue weighted by molar-refractivity contribution is 5.98. The predicted molar refractivity (Wildman–Crippen MR) is 292 cm³/mol. The lowest BCUT2D eigenvalue weighted by Gasteiger charge is -2.20. The van der Waals surface area contributed by atoms with Crippen LogP contribution in [0.15, 0.2) is 233 Å². The van der Waals surface area contributed by atoms with Gasteiger partial charge in [-0.05, 0) is 93.6 Å². The average molecular weight is 928 g/mol. The van der Waals surface area contributed by atoms with Crippen LogP contribution in [0, 0.1) is 20.8 Å². The Hall–Kier alpha value is -9.60. The highest BCUT2D eigenvalue weighted by Gasteiger charge is 2.22. The Bertz CT molecular complexity index is 3870. The molecule has 0 saturated carbocycles. The number of fused-ring (bicyclic) bond motifs is 6. The molecule has 9 heteroatoms. The van der Waals surface area contributed by atoms with Crippen LogP contribution in [-0.4, -0.2) is 28.7 Å². The summed E-state index contributed by atoms with van der Waals surface area (Å²) in [4.78, 5) is 32.8. The maximum Gasteiger partial charge on any atom is 0.241 e. The number of pyridine rings is 3. The van der Waals surface area contributed by atoms with Crippen LogP contribution in [0.3, 0.4) is 0 Å². The Labute approximate surface area is 414 Å². The van der Waals surface area contributed by atoms with Gasteiger partial charge in [-0.25, -0.2) is 15.0 Å². The molecule has 13 rings (SSSR count). The minimum Gasteiger partial charge on any atom is -0.278 e. The van der Waals surface area contributed by atoms with Crippen molar-refractivity contribution in [1.29, 1.82) is 0 Å². The van der Waals surface area contributed by atoms with E-state index in [1.807, 2.05) is 0 Å². The second-order valence-electron chi connectivity index (χ2n) is 18.2. The molecule has 9 nitrogen and oxygen atoms in total. The van der Waals surface area contributed by atoms with Gasteiger partial charge in [0.05, 0.1) is 66.2 Å². The lowest BCUT2D eigenvalue weighted by Crippen LogP contribution is -2.20. The topological polar surface area (TPSA) is 90.5 Å². The molecule has 0 spiro atoms. The number of benzene rings is 9. The van der Waals surface area contributed by atoms with Gasteiger partial charge < -0.3 is 0 Å². The zero-order chi connectivity index (χ0) is 48.3. The first-order valence-corrected chi connectivity index (χ1v) is 24.1. The lowest BCUT2D eigenvalue weighted by atomic mass is 10.1. The summed E-state index contributed by atoms with van der Waals surface area (Å²) >= 11 is 0. The molecular formula is C63H45N9. The van der Waals surface area contributed by atoms with Crippen molar-refractivity contribution in [2.24, 2.45) is 15.0 Å². The molecule has 0 aliphatic rings. The summed E-state index contributed by atoms with van der Waals surface area (Å²) in [6, 6.07) is 75.3. The van der Waals surface area contributed by atoms with Crippen LogP contribution in [0.2, 0.25) is 0 Å². The van der Waals surface area contributed by atoms with E-state index < -0.39 is 0 Å². The molecule has 0 fully saturated rings. The molecule has 0 aliphatic heterocycles. The van der Waals surface area contributed by atoms with E-state index in [9.17, 15) is 0 Å². The van der Waals surface area contributed by atoms with Crippen LogP contribution in [0.1, 0.15) is 16.7 Å². The van der Waals surface area contributed by atoms with Crippen LogP contribution in [-0.2, 0) is 0 Å². The molecule has 0 radical (unpaired) electrons. The van der Waals surface area contributed by atoms with Crippen molar-refractivity contribution in [1.82, 2.24) is 28.7 Å². The molecular weight excluding hydrogens is 883 g/mol. The highest BCUT2D eigenvalue weighted by Crippen LogP contribution is 2.30. The molecule has 0 atom stereocenters. The van der Waals surface area contributed by atoms with E-state index >= 15 is 0 Å². The van der Waals surface area contributed by atoms with Crippen molar-refractivity contribution in [2.75, 3.05) is 0 Å². The minimum absolute atomic E-state index is 0.437. The number of hydrogen-bond acceptors (Lipinski definition) is 6. The second kappa shape index (κ2) is 17.4. The summed E-state index contributed by atoms with van der Waals surface area (Å²) in [5.74, 6) is 1.31. The number of aryl methyl sites for hydroxylation is 3. The number of para-hydroxylation sites is 6. The fourth-order valence-corrected chi connectivity index (χ4v) is 9.93. The predicted octanol–water partition coefficient (Wildman–Crippen LogP) is 13.8. The molecule has 4 heterocycles. The molecule has 0 N–H and O–H groups in total. The van der Waals surface area contributed by atoms with Crippen molar-refractivity contribution in [3.63, 3.8) is 0 Å². The highest BCUT2D eigenvalue weighted by atomic mass is 15.3. The van der Waals surface area contributed by atoms with Crippen molar-refractivity contribution in [2.45, 2.75) is 20.8 Å². The molecule has 0 amide bonds. The summed E-state index contributed by atoms with van der Waals surface area (Å²) in [6.45, 7) is 6.28. The molecule has 0 aliphatic carbocycles. The second-order valence-corrected chi connectivity index (χ2v) is 18.2. The number of nitrogens with zero attached hydrogens (tertiary/aromatic N) is 9. The van der Waals surface area contributed by atoms with Gasteiger partial charge in [0.25, 0.3) is 0 Å². The third-order valence-corrected chi connectivity index (χ3v) is 13.4. The van der Waals surface area contributed by atoms with Crippen LogP contribution in [0.5, 0.6) is 0 Å². The number of rotatable bonds is 6. The van der Waals surface area contributed by atoms with Crippen molar-refractivity contribution in [3.05, 3.63) is 251 Å². The van der Waals surface area contributed by atoms with E-state index in [-0.39, 0.29) is 0 Å². The molecule has 0 unspecified atom stereocenters. The third kappa shape index (κ3) is 7.34. The third-order valence-electron chi connectivity index (χ3n) is 13.4. The zero-order valence-electron chi connectivity index (χ0n) is 39.8. The average Bonchev–Trinajstić information content (AvgIpc) is 3.42. The van der Waals surface area contributed by atoms with E-state index in [0.717, 1.165) is 98.6 Å². The molecule has 0 saturated heterocycles. The maximum absolute atomic E-state index is 5.60. The van der Waals surface area contributed by atoms with Gasteiger partial charge in [0.15, 0.2) is 0 Å². The standard InChI is InChI=1S/C63H45N9/c1-40-28-34-43(35-29-40)64-58-46-16-4-10-22-52(46)70(53-23-11-5-17-47(53)58)61-67-62(71-54-24-12-6-18-48(54)59(49-19-7-13-25-55(49)71)65-44-36-30-41(2)31-37-44)69-63(68-61)72-56-26-14-8-20-50(56)60(51-21-9-15-27-57(51)72)66-45-38-32-42(3)33-39-45/h4-39H,1-3H3. The lowest BCUT2D eigenvalue weighted by molar-refractivity contribution is 0.843. The van der Waals surface area contributed by atoms with Gasteiger partial charge >= 0.3 is 0 Å². The molecule has 0 bridgehead atoms.